The third-order valence-corrected chi connectivity index (χ3v) is 7.27. The molecule has 5 nitrogen and oxygen atoms in total. The van der Waals surface area contributed by atoms with Crippen LogP contribution in [-0.2, 0) is 22.4 Å². The van der Waals surface area contributed by atoms with E-state index in [0.717, 1.165) is 37.0 Å². The number of carbonyl (C=O) groups excluding carboxylic acids is 2. The molecule has 1 saturated heterocycles. The van der Waals surface area contributed by atoms with Gasteiger partial charge >= 0.3 is 0 Å². The lowest BCUT2D eigenvalue weighted by atomic mass is 9.73. The predicted octanol–water partition coefficient (Wildman–Crippen LogP) is 4.80. The summed E-state index contributed by atoms with van der Waals surface area (Å²) < 4.78 is 6.03. The number of nitrogens with zero attached hydrogens (tertiary/aromatic N) is 1. The molecule has 176 valence electrons. The van der Waals surface area contributed by atoms with Crippen LogP contribution in [0.1, 0.15) is 50.2 Å². The summed E-state index contributed by atoms with van der Waals surface area (Å²) in [5.74, 6) is 1.14. The zero-order valence-electron chi connectivity index (χ0n) is 19.3. The lowest BCUT2D eigenvalue weighted by molar-refractivity contribution is -0.141. The van der Waals surface area contributed by atoms with Crippen LogP contribution < -0.4 is 10.1 Å². The van der Waals surface area contributed by atoms with E-state index in [0.29, 0.717) is 44.0 Å². The Labute approximate surface area is 201 Å². The first-order chi connectivity index (χ1) is 15.9. The fraction of sp³-hybridized carbons (Fsp3) is 0.481. The summed E-state index contributed by atoms with van der Waals surface area (Å²) in [6, 6.07) is 15.5. The Bertz CT molecular complexity index is 968. The lowest BCUT2D eigenvalue weighted by Gasteiger charge is -2.41. The number of amides is 2. The van der Waals surface area contributed by atoms with E-state index in [1.165, 1.54) is 5.56 Å². The fourth-order valence-corrected chi connectivity index (χ4v) is 5.05. The van der Waals surface area contributed by atoms with Crippen molar-refractivity contribution in [2.75, 3.05) is 19.7 Å². The van der Waals surface area contributed by atoms with E-state index in [9.17, 15) is 9.59 Å². The van der Waals surface area contributed by atoms with Crippen molar-refractivity contribution in [1.82, 2.24) is 10.2 Å². The van der Waals surface area contributed by atoms with Crippen LogP contribution in [0.25, 0.3) is 0 Å². The van der Waals surface area contributed by atoms with Gasteiger partial charge in [0.15, 0.2) is 0 Å². The van der Waals surface area contributed by atoms with Crippen molar-refractivity contribution >= 4 is 23.4 Å². The molecular weight excluding hydrogens is 436 g/mol. The molecule has 2 heterocycles. The fourth-order valence-electron chi connectivity index (χ4n) is 4.93. The highest BCUT2D eigenvalue weighted by atomic mass is 35.5. The average molecular weight is 469 g/mol. The van der Waals surface area contributed by atoms with Gasteiger partial charge in [0, 0.05) is 18.1 Å². The van der Waals surface area contributed by atoms with Crippen LogP contribution in [0.2, 0.25) is 5.02 Å². The number of likely N-dealkylation sites (tertiary alicyclic amines) is 1. The average Bonchev–Trinajstić information content (AvgIpc) is 2.82. The second kappa shape index (κ2) is 10.6. The Hall–Kier alpha value is -2.53. The molecule has 1 atom stereocenters. The van der Waals surface area contributed by atoms with E-state index < -0.39 is 5.41 Å². The molecule has 2 amide bonds. The minimum Gasteiger partial charge on any atom is -0.491 e. The molecule has 1 N–H and O–H groups in total. The third-order valence-electron chi connectivity index (χ3n) is 7.01. The second-order valence-corrected chi connectivity index (χ2v) is 9.90. The topological polar surface area (TPSA) is 58.6 Å². The number of carbonyl (C=O) groups is 2. The first-order valence-electron chi connectivity index (χ1n) is 12.0. The third kappa shape index (κ3) is 5.89. The minimum atomic E-state index is -0.413. The van der Waals surface area contributed by atoms with Crippen LogP contribution in [0.15, 0.2) is 48.5 Å². The SMILES string of the molecule is C[C@@H]1COc2ccccc2CCCCC2(CCN(C(=O)Cc3ccc(Cl)cc3)CC2)C(=O)N1. The summed E-state index contributed by atoms with van der Waals surface area (Å²) in [6.07, 6.45) is 5.58. The van der Waals surface area contributed by atoms with Crippen LogP contribution in [0.4, 0.5) is 0 Å². The van der Waals surface area contributed by atoms with Crippen LogP contribution in [0.5, 0.6) is 5.75 Å². The maximum atomic E-state index is 13.4. The largest absolute Gasteiger partial charge is 0.491 e. The van der Waals surface area contributed by atoms with Crippen LogP contribution in [0, 0.1) is 5.41 Å². The molecule has 0 aromatic heterocycles. The van der Waals surface area contributed by atoms with Crippen molar-refractivity contribution in [3.63, 3.8) is 0 Å². The summed E-state index contributed by atoms with van der Waals surface area (Å²) in [6.45, 7) is 3.68. The number of hydrogen-bond acceptors (Lipinski definition) is 3. The minimum absolute atomic E-state index is 0.0774. The molecule has 0 aliphatic carbocycles. The van der Waals surface area contributed by atoms with Gasteiger partial charge in [-0.15, -0.1) is 0 Å². The smallest absolute Gasteiger partial charge is 0.226 e. The van der Waals surface area contributed by atoms with Crippen LogP contribution in [0.3, 0.4) is 0 Å². The molecule has 2 aromatic carbocycles. The zero-order chi connectivity index (χ0) is 23.3. The standard InChI is InChI=1S/C27H33ClN2O3/c1-20-19-33-24-8-3-2-6-22(24)7-4-5-13-27(26(32)29-20)14-16-30(17-15-27)25(31)18-21-9-11-23(28)12-10-21/h2-3,6,8-12,20H,4-5,7,13-19H2,1H3,(H,29,32)/t20-/m1/s1. The monoisotopic (exact) mass is 468 g/mol. The molecule has 2 aromatic rings. The van der Waals surface area contributed by atoms with Gasteiger partial charge in [-0.05, 0) is 68.4 Å². The molecule has 4 rings (SSSR count). The number of rotatable bonds is 2. The number of hydrogen-bond donors (Lipinski definition) is 1. The number of halogens is 1. The number of benzene rings is 2. The van der Waals surface area contributed by atoms with Crippen molar-refractivity contribution in [3.05, 3.63) is 64.7 Å². The van der Waals surface area contributed by atoms with Gasteiger partial charge < -0.3 is 15.0 Å². The first kappa shape index (κ1) is 23.6. The van der Waals surface area contributed by atoms with Crippen molar-refractivity contribution in [1.29, 1.82) is 0 Å². The van der Waals surface area contributed by atoms with E-state index in [2.05, 4.69) is 17.4 Å². The summed E-state index contributed by atoms with van der Waals surface area (Å²) in [5, 5.41) is 3.87. The number of piperidine rings is 1. The second-order valence-electron chi connectivity index (χ2n) is 9.46. The van der Waals surface area contributed by atoms with Crippen molar-refractivity contribution < 1.29 is 14.3 Å². The predicted molar refractivity (Wildman–Crippen MR) is 130 cm³/mol. The van der Waals surface area contributed by atoms with E-state index >= 15 is 0 Å². The van der Waals surface area contributed by atoms with Gasteiger partial charge in [0.05, 0.1) is 17.9 Å². The van der Waals surface area contributed by atoms with Gasteiger partial charge in [-0.3, -0.25) is 9.59 Å². The Kier molecular flexibility index (Phi) is 7.59. The highest BCUT2D eigenvalue weighted by Gasteiger charge is 2.42. The number of fused-ring (bicyclic) bond motifs is 1. The summed E-state index contributed by atoms with van der Waals surface area (Å²) >= 11 is 5.95. The van der Waals surface area contributed by atoms with Crippen LogP contribution >= 0.6 is 11.6 Å². The highest BCUT2D eigenvalue weighted by Crippen LogP contribution is 2.38. The molecule has 2 aliphatic heterocycles. The highest BCUT2D eigenvalue weighted by molar-refractivity contribution is 6.30. The molecule has 2 aliphatic rings. The zero-order valence-corrected chi connectivity index (χ0v) is 20.1. The van der Waals surface area contributed by atoms with E-state index in [-0.39, 0.29) is 17.9 Å². The number of ether oxygens (including phenoxy) is 1. The van der Waals surface area contributed by atoms with Crippen molar-refractivity contribution in [3.8, 4) is 5.75 Å². The lowest BCUT2D eigenvalue weighted by Crippen LogP contribution is -2.52. The molecule has 1 fully saturated rings. The molecule has 0 radical (unpaired) electrons. The number of aryl methyl sites for hydroxylation is 1. The Morgan fingerprint density at radius 3 is 2.58 bits per heavy atom. The molecule has 6 heteroatoms. The molecule has 0 unspecified atom stereocenters. The van der Waals surface area contributed by atoms with Gasteiger partial charge in [-0.25, -0.2) is 0 Å². The molecule has 33 heavy (non-hydrogen) atoms. The Balaban J connectivity index is 1.40. The molecule has 1 spiro atoms. The van der Waals surface area contributed by atoms with Gasteiger partial charge in [-0.1, -0.05) is 48.4 Å². The molecule has 0 bridgehead atoms. The molecular formula is C27H33ClN2O3. The maximum Gasteiger partial charge on any atom is 0.226 e. The van der Waals surface area contributed by atoms with E-state index in [4.69, 9.17) is 16.3 Å². The number of para-hydroxylation sites is 1. The molecule has 0 saturated carbocycles. The van der Waals surface area contributed by atoms with Crippen molar-refractivity contribution in [2.45, 2.75) is 57.9 Å². The first-order valence-corrected chi connectivity index (χ1v) is 12.4. The van der Waals surface area contributed by atoms with Gasteiger partial charge in [0.1, 0.15) is 12.4 Å². The Morgan fingerprint density at radius 2 is 1.82 bits per heavy atom. The summed E-state index contributed by atoms with van der Waals surface area (Å²) in [7, 11) is 0. The number of nitrogens with one attached hydrogen (secondary N) is 1. The quantitative estimate of drug-likeness (QED) is 0.688. The maximum absolute atomic E-state index is 13.4. The van der Waals surface area contributed by atoms with Gasteiger partial charge in [-0.2, -0.15) is 0 Å². The van der Waals surface area contributed by atoms with E-state index in [1.807, 2.05) is 48.2 Å². The van der Waals surface area contributed by atoms with E-state index in [1.54, 1.807) is 0 Å². The summed E-state index contributed by atoms with van der Waals surface area (Å²) in [4.78, 5) is 28.1. The Morgan fingerprint density at radius 1 is 1.09 bits per heavy atom. The van der Waals surface area contributed by atoms with Gasteiger partial charge in [0.25, 0.3) is 0 Å². The normalized spacial score (nSPS) is 21.2. The van der Waals surface area contributed by atoms with Gasteiger partial charge in [0.2, 0.25) is 11.8 Å². The van der Waals surface area contributed by atoms with Crippen LogP contribution in [-0.4, -0.2) is 42.5 Å². The summed E-state index contributed by atoms with van der Waals surface area (Å²) in [5.41, 5.74) is 1.78. The van der Waals surface area contributed by atoms with Crippen molar-refractivity contribution in [2.24, 2.45) is 5.41 Å².